The second-order valence-corrected chi connectivity index (χ2v) is 7.96. The summed E-state index contributed by atoms with van der Waals surface area (Å²) in [5, 5.41) is 22.7. The van der Waals surface area contributed by atoms with Crippen LogP contribution in [-0.4, -0.2) is 52.0 Å². The maximum atomic E-state index is 10.9. The summed E-state index contributed by atoms with van der Waals surface area (Å²) in [6.45, 7) is 5.48. The number of carboxylic acid groups (broad SMARTS) is 1. The minimum absolute atomic E-state index is 0.127. The van der Waals surface area contributed by atoms with E-state index in [0.717, 1.165) is 41.5 Å². The number of nitrogens with one attached hydrogen (secondary N) is 1. The van der Waals surface area contributed by atoms with Crippen LogP contribution in [0.5, 0.6) is 5.75 Å². The number of para-hydroxylation sites is 1. The molecule has 1 aromatic heterocycles. The summed E-state index contributed by atoms with van der Waals surface area (Å²) in [6.07, 6.45) is 1.51. The number of benzene rings is 2. The zero-order valence-corrected chi connectivity index (χ0v) is 18.8. The van der Waals surface area contributed by atoms with E-state index in [2.05, 4.69) is 20.1 Å². The Labute approximate surface area is 191 Å². The van der Waals surface area contributed by atoms with Crippen molar-refractivity contribution in [3.63, 3.8) is 0 Å². The molecule has 1 saturated heterocycles. The van der Waals surface area contributed by atoms with Crippen molar-refractivity contribution < 1.29 is 24.5 Å². The van der Waals surface area contributed by atoms with Gasteiger partial charge in [-0.3, -0.25) is 0 Å². The highest BCUT2D eigenvalue weighted by atomic mass is 19.3. The van der Waals surface area contributed by atoms with E-state index in [1.807, 2.05) is 38.1 Å². The van der Waals surface area contributed by atoms with Crippen molar-refractivity contribution in [2.24, 2.45) is 0 Å². The number of nitrogens with zero attached hydrogens (tertiary/aromatic N) is 3. The first kappa shape index (κ1) is 24.2. The Morgan fingerprint density at radius 1 is 1.27 bits per heavy atom. The highest BCUT2D eigenvalue weighted by molar-refractivity contribution is 5.92. The van der Waals surface area contributed by atoms with Crippen LogP contribution >= 0.6 is 0 Å². The molecule has 2 heterocycles. The lowest BCUT2D eigenvalue weighted by Gasteiger charge is -2.20. The molecule has 2 aromatic carbocycles. The number of unbranched alkanes of at least 4 members (excludes halogenated alkanes) is 1. The van der Waals surface area contributed by atoms with Crippen LogP contribution in [0.25, 0.3) is 22.3 Å². The zero-order valence-electron chi connectivity index (χ0n) is 18.8. The number of rotatable bonds is 6. The molecule has 3 N–H and O–H groups in total. The van der Waals surface area contributed by atoms with E-state index in [1.165, 1.54) is 0 Å². The number of hydrogen-bond acceptors (Lipinski definition) is 6. The second kappa shape index (κ2) is 11.4. The number of fused-ring (bicyclic) bond motifs is 1. The lowest BCUT2D eigenvalue weighted by molar-refractivity contribution is -0.132. The SMILES string of the molecule is CCCCOF.Cc1ccc2c(N3CC[C@@H](NC(=O)O)C3)nc(-c3ccccc3O)nc2c1. The third-order valence-corrected chi connectivity index (χ3v) is 5.37. The van der Waals surface area contributed by atoms with Crippen molar-refractivity contribution in [3.05, 3.63) is 48.0 Å². The predicted molar refractivity (Wildman–Crippen MR) is 125 cm³/mol. The van der Waals surface area contributed by atoms with Gasteiger partial charge in [0, 0.05) is 18.5 Å². The van der Waals surface area contributed by atoms with E-state index in [4.69, 9.17) is 10.1 Å². The number of amides is 1. The Kier molecular flexibility index (Phi) is 8.37. The minimum Gasteiger partial charge on any atom is -0.507 e. The monoisotopic (exact) mass is 456 g/mol. The third-order valence-electron chi connectivity index (χ3n) is 5.37. The van der Waals surface area contributed by atoms with E-state index < -0.39 is 6.09 Å². The Morgan fingerprint density at radius 3 is 2.73 bits per heavy atom. The maximum absolute atomic E-state index is 10.9. The summed E-state index contributed by atoms with van der Waals surface area (Å²) in [6, 6.07) is 12.9. The van der Waals surface area contributed by atoms with Gasteiger partial charge in [0.15, 0.2) is 5.82 Å². The molecule has 1 atom stereocenters. The molecule has 176 valence electrons. The number of aryl methyl sites for hydroxylation is 1. The van der Waals surface area contributed by atoms with E-state index >= 15 is 0 Å². The average molecular weight is 457 g/mol. The Balaban J connectivity index is 0.000000454. The van der Waals surface area contributed by atoms with Gasteiger partial charge < -0.3 is 20.4 Å². The second-order valence-electron chi connectivity index (χ2n) is 7.96. The number of hydrogen-bond donors (Lipinski definition) is 3. The first-order valence-corrected chi connectivity index (χ1v) is 11.0. The fourth-order valence-electron chi connectivity index (χ4n) is 3.69. The molecule has 1 amide bonds. The Morgan fingerprint density at radius 2 is 2.06 bits per heavy atom. The summed E-state index contributed by atoms with van der Waals surface area (Å²) in [5.41, 5.74) is 2.46. The first-order valence-electron chi connectivity index (χ1n) is 11.0. The molecule has 0 saturated carbocycles. The van der Waals surface area contributed by atoms with Gasteiger partial charge in [-0.05, 0) is 54.1 Å². The van der Waals surface area contributed by atoms with Crippen molar-refractivity contribution in [2.45, 2.75) is 39.2 Å². The van der Waals surface area contributed by atoms with Crippen LogP contribution in [0.15, 0.2) is 42.5 Å². The Hall–Kier alpha value is -3.46. The largest absolute Gasteiger partial charge is 0.507 e. The van der Waals surface area contributed by atoms with Crippen molar-refractivity contribution in [1.29, 1.82) is 0 Å². The minimum atomic E-state index is -1.01. The number of aromatic hydroxyl groups is 1. The van der Waals surface area contributed by atoms with Crippen LogP contribution in [0.2, 0.25) is 0 Å². The fraction of sp³-hybridized carbons (Fsp3) is 0.375. The molecule has 8 nitrogen and oxygen atoms in total. The summed E-state index contributed by atoms with van der Waals surface area (Å²) >= 11 is 0. The molecule has 0 aliphatic carbocycles. The highest BCUT2D eigenvalue weighted by Gasteiger charge is 2.27. The lowest BCUT2D eigenvalue weighted by Crippen LogP contribution is -2.36. The molecule has 4 rings (SSSR count). The molecule has 3 aromatic rings. The standard InChI is InChI=1S/C20H20N4O3.C4H9FO/c1-12-6-7-14-16(10-12)22-18(15-4-2-3-5-17(15)25)23-19(14)24-9-8-13(11-24)21-20(26)27;1-2-3-4-6-5/h2-7,10,13,21,25H,8-9,11H2,1H3,(H,26,27);2-4H2,1H3/t13-;/m1./s1. The lowest BCUT2D eigenvalue weighted by atomic mass is 10.1. The van der Waals surface area contributed by atoms with Gasteiger partial charge in [0.25, 0.3) is 0 Å². The number of phenols is 1. The summed E-state index contributed by atoms with van der Waals surface area (Å²) in [7, 11) is 0. The molecule has 0 bridgehead atoms. The van der Waals surface area contributed by atoms with Gasteiger partial charge in [-0.25, -0.2) is 14.8 Å². The fourth-order valence-corrected chi connectivity index (χ4v) is 3.69. The van der Waals surface area contributed by atoms with Gasteiger partial charge >= 0.3 is 6.09 Å². The van der Waals surface area contributed by atoms with Crippen LogP contribution in [0.1, 0.15) is 31.7 Å². The molecule has 0 unspecified atom stereocenters. The van der Waals surface area contributed by atoms with E-state index in [9.17, 15) is 14.4 Å². The quantitative estimate of drug-likeness (QED) is 0.455. The van der Waals surface area contributed by atoms with Crippen LogP contribution < -0.4 is 10.2 Å². The number of carbonyl (C=O) groups is 1. The normalized spacial score (nSPS) is 15.2. The van der Waals surface area contributed by atoms with Gasteiger partial charge in [0.2, 0.25) is 0 Å². The zero-order chi connectivity index (χ0) is 23.8. The first-order chi connectivity index (χ1) is 15.9. The predicted octanol–water partition coefficient (Wildman–Crippen LogP) is 4.84. The van der Waals surface area contributed by atoms with Crippen LogP contribution in [0.3, 0.4) is 0 Å². The van der Waals surface area contributed by atoms with E-state index in [0.29, 0.717) is 24.5 Å². The molecule has 0 radical (unpaired) electrons. The van der Waals surface area contributed by atoms with Crippen molar-refractivity contribution >= 4 is 22.8 Å². The smallest absolute Gasteiger partial charge is 0.404 e. The van der Waals surface area contributed by atoms with Crippen LogP contribution in [-0.2, 0) is 4.94 Å². The van der Waals surface area contributed by atoms with Gasteiger partial charge in [0.05, 0.1) is 23.7 Å². The average Bonchev–Trinajstić information content (AvgIpc) is 3.25. The Bertz CT molecular complexity index is 1090. The van der Waals surface area contributed by atoms with E-state index in [-0.39, 0.29) is 18.4 Å². The highest BCUT2D eigenvalue weighted by Crippen LogP contribution is 2.33. The van der Waals surface area contributed by atoms with Gasteiger partial charge in [-0.15, -0.1) is 0 Å². The van der Waals surface area contributed by atoms with Gasteiger partial charge in [-0.1, -0.05) is 31.5 Å². The summed E-state index contributed by atoms with van der Waals surface area (Å²) < 4.78 is 10.7. The topological polar surface area (TPSA) is 108 Å². The number of phenolic OH excluding ortho intramolecular Hbond substituents is 1. The molecular weight excluding hydrogens is 427 g/mol. The number of anilines is 1. The molecule has 0 spiro atoms. The van der Waals surface area contributed by atoms with E-state index in [1.54, 1.807) is 18.2 Å². The van der Waals surface area contributed by atoms with Crippen molar-refractivity contribution in [3.8, 4) is 17.1 Å². The molecule has 33 heavy (non-hydrogen) atoms. The number of aromatic nitrogens is 2. The van der Waals surface area contributed by atoms with Crippen molar-refractivity contribution in [1.82, 2.24) is 15.3 Å². The van der Waals surface area contributed by atoms with Crippen LogP contribution in [0, 0.1) is 6.92 Å². The molecule has 9 heteroatoms. The summed E-state index contributed by atoms with van der Waals surface area (Å²) in [4.78, 5) is 25.7. The maximum Gasteiger partial charge on any atom is 0.404 e. The molecule has 1 aliphatic rings. The molecule has 1 fully saturated rings. The molecular formula is C24H29FN4O4. The van der Waals surface area contributed by atoms with Gasteiger partial charge in [0.1, 0.15) is 11.6 Å². The third kappa shape index (κ3) is 6.29. The van der Waals surface area contributed by atoms with Crippen LogP contribution in [0.4, 0.5) is 15.1 Å². The molecule has 1 aliphatic heterocycles. The number of halogens is 1. The summed E-state index contributed by atoms with van der Waals surface area (Å²) in [5.74, 6) is 1.34. The van der Waals surface area contributed by atoms with Gasteiger partial charge in [-0.2, -0.15) is 4.94 Å². The van der Waals surface area contributed by atoms with Crippen molar-refractivity contribution in [2.75, 3.05) is 24.6 Å².